The number of rotatable bonds is 7. The molecule has 0 aromatic heterocycles. The molecule has 0 amide bonds. The Bertz CT molecular complexity index is 309. The van der Waals surface area contributed by atoms with Gasteiger partial charge in [0.25, 0.3) is 0 Å². The van der Waals surface area contributed by atoms with Crippen LogP contribution in [0.3, 0.4) is 0 Å². The number of allylic oxidation sites excluding steroid dienone is 4. The van der Waals surface area contributed by atoms with Gasteiger partial charge in [0.15, 0.2) is 0 Å². The van der Waals surface area contributed by atoms with Crippen LogP contribution in [0.4, 0.5) is 0 Å². The van der Waals surface area contributed by atoms with Crippen LogP contribution >= 0.6 is 0 Å². The predicted molar refractivity (Wildman–Crippen MR) is 73.2 cm³/mol. The van der Waals surface area contributed by atoms with Crippen molar-refractivity contribution in [1.82, 2.24) is 0 Å². The third-order valence-corrected chi connectivity index (χ3v) is 2.87. The molecule has 0 N–H and O–H groups in total. The average molecular weight is 268 g/mol. The molecule has 4 heteroatoms. The molecule has 0 saturated heterocycles. The fourth-order valence-electron chi connectivity index (χ4n) is 1.65. The van der Waals surface area contributed by atoms with Crippen LogP contribution in [0.5, 0.6) is 0 Å². The van der Waals surface area contributed by atoms with E-state index in [1.165, 1.54) is 0 Å². The van der Waals surface area contributed by atoms with Gasteiger partial charge in [0.05, 0.1) is 12.0 Å². The second-order valence-electron chi connectivity index (χ2n) is 3.98. The molecule has 108 valence electrons. The first-order valence-corrected chi connectivity index (χ1v) is 6.47. The molecule has 19 heavy (non-hydrogen) atoms. The second-order valence-corrected chi connectivity index (χ2v) is 3.98. The molecule has 0 radical (unpaired) electrons. The number of hydrogen-bond donors (Lipinski definition) is 0. The van der Waals surface area contributed by atoms with Gasteiger partial charge in [0.1, 0.15) is 0 Å². The highest BCUT2D eigenvalue weighted by Crippen LogP contribution is 2.33. The summed E-state index contributed by atoms with van der Waals surface area (Å²) in [5, 5.41) is 0. The van der Waals surface area contributed by atoms with Crippen molar-refractivity contribution < 1.29 is 19.1 Å². The SMILES string of the molecule is C/C=C/CC(CC)(C/C=C/C)C(=O)OCC.O=C=O. The van der Waals surface area contributed by atoms with Crippen LogP contribution in [-0.2, 0) is 19.1 Å². The molecular formula is C15H24O4. The first-order chi connectivity index (χ1) is 9.08. The molecule has 0 aliphatic carbocycles. The number of ether oxygens (including phenoxy) is 1. The highest BCUT2D eigenvalue weighted by atomic mass is 16.5. The van der Waals surface area contributed by atoms with Crippen molar-refractivity contribution in [1.29, 1.82) is 0 Å². The summed E-state index contributed by atoms with van der Waals surface area (Å²) in [5.41, 5.74) is -0.380. The third kappa shape index (κ3) is 8.11. The van der Waals surface area contributed by atoms with Crippen LogP contribution in [0.15, 0.2) is 24.3 Å². The van der Waals surface area contributed by atoms with Gasteiger partial charge in [-0.05, 0) is 40.0 Å². The van der Waals surface area contributed by atoms with Crippen LogP contribution in [0.25, 0.3) is 0 Å². The van der Waals surface area contributed by atoms with Crippen molar-refractivity contribution in [2.24, 2.45) is 5.41 Å². The van der Waals surface area contributed by atoms with Gasteiger partial charge in [0, 0.05) is 0 Å². The highest BCUT2D eigenvalue weighted by molar-refractivity contribution is 5.77. The van der Waals surface area contributed by atoms with Gasteiger partial charge in [-0.25, -0.2) is 0 Å². The molecule has 0 aromatic carbocycles. The second kappa shape index (κ2) is 12.8. The Hall–Kier alpha value is -1.67. The standard InChI is InChI=1S/C14H24O2.CO2/c1-5-9-11-14(7-3,12-10-6-2)13(15)16-8-4;2-1-3/h5-6,9-10H,7-8,11-12H2,1-4H3;/b9-5+,10-6+;. The minimum Gasteiger partial charge on any atom is -0.466 e. The van der Waals surface area contributed by atoms with Crippen molar-refractivity contribution >= 4 is 12.1 Å². The monoisotopic (exact) mass is 268 g/mol. The Morgan fingerprint density at radius 2 is 1.53 bits per heavy atom. The number of esters is 1. The molecule has 0 unspecified atom stereocenters. The summed E-state index contributed by atoms with van der Waals surface area (Å²) in [6.07, 6.45) is 10.6. The molecule has 0 aliphatic rings. The number of carbonyl (C=O) groups is 1. The van der Waals surface area contributed by atoms with Gasteiger partial charge in [-0.3, -0.25) is 4.79 Å². The maximum Gasteiger partial charge on any atom is 0.373 e. The molecule has 0 heterocycles. The summed E-state index contributed by atoms with van der Waals surface area (Å²) in [6, 6.07) is 0. The van der Waals surface area contributed by atoms with Gasteiger partial charge >= 0.3 is 12.1 Å². The minimum absolute atomic E-state index is 0.0753. The summed E-state index contributed by atoms with van der Waals surface area (Å²) < 4.78 is 5.19. The molecule has 0 spiro atoms. The lowest BCUT2D eigenvalue weighted by Gasteiger charge is -2.28. The minimum atomic E-state index is -0.380. The Balaban J connectivity index is 0. The Kier molecular flexibility index (Phi) is 13.2. The fraction of sp³-hybridized carbons (Fsp3) is 0.600. The molecule has 0 aromatic rings. The van der Waals surface area contributed by atoms with Crippen LogP contribution in [0.2, 0.25) is 0 Å². The normalized spacial score (nSPS) is 10.9. The summed E-state index contributed by atoms with van der Waals surface area (Å²) >= 11 is 0. The van der Waals surface area contributed by atoms with Crippen molar-refractivity contribution in [2.75, 3.05) is 6.61 Å². The van der Waals surface area contributed by atoms with E-state index in [2.05, 4.69) is 0 Å². The zero-order chi connectivity index (χ0) is 15.1. The van der Waals surface area contributed by atoms with E-state index in [4.69, 9.17) is 14.3 Å². The first-order valence-electron chi connectivity index (χ1n) is 6.47. The first kappa shape index (κ1) is 19.7. The Morgan fingerprint density at radius 1 is 1.11 bits per heavy atom. The molecule has 4 nitrogen and oxygen atoms in total. The lowest BCUT2D eigenvalue weighted by Crippen LogP contribution is -2.31. The van der Waals surface area contributed by atoms with Crippen LogP contribution in [0.1, 0.15) is 47.0 Å². The van der Waals surface area contributed by atoms with Crippen molar-refractivity contribution in [3.05, 3.63) is 24.3 Å². The molecule has 0 aliphatic heterocycles. The quantitative estimate of drug-likeness (QED) is 0.525. The Labute approximate surface area is 115 Å². The van der Waals surface area contributed by atoms with E-state index in [0.717, 1.165) is 19.3 Å². The van der Waals surface area contributed by atoms with Crippen molar-refractivity contribution in [3.63, 3.8) is 0 Å². The van der Waals surface area contributed by atoms with Gasteiger partial charge in [-0.1, -0.05) is 31.2 Å². The van der Waals surface area contributed by atoms with E-state index < -0.39 is 0 Å². The lowest BCUT2D eigenvalue weighted by atomic mass is 9.78. The molecule has 0 saturated carbocycles. The third-order valence-electron chi connectivity index (χ3n) is 2.87. The summed E-state index contributed by atoms with van der Waals surface area (Å²) in [6.45, 7) is 8.29. The number of carbonyl (C=O) groups excluding carboxylic acids is 3. The topological polar surface area (TPSA) is 60.4 Å². The predicted octanol–water partition coefficient (Wildman–Crippen LogP) is 3.29. The fourth-order valence-corrected chi connectivity index (χ4v) is 1.65. The van der Waals surface area contributed by atoms with E-state index >= 15 is 0 Å². The summed E-state index contributed by atoms with van der Waals surface area (Å²) in [5.74, 6) is -0.0753. The van der Waals surface area contributed by atoms with E-state index in [-0.39, 0.29) is 17.5 Å². The van der Waals surface area contributed by atoms with Gasteiger partial charge in [0.2, 0.25) is 0 Å². The van der Waals surface area contributed by atoms with Gasteiger partial charge < -0.3 is 4.74 Å². The maximum absolute atomic E-state index is 12.0. The maximum atomic E-state index is 12.0. The van der Waals surface area contributed by atoms with Crippen LogP contribution in [-0.4, -0.2) is 18.7 Å². The van der Waals surface area contributed by atoms with Gasteiger partial charge in [-0.15, -0.1) is 0 Å². The summed E-state index contributed by atoms with van der Waals surface area (Å²) in [7, 11) is 0. The smallest absolute Gasteiger partial charge is 0.373 e. The Morgan fingerprint density at radius 3 is 1.79 bits per heavy atom. The zero-order valence-corrected chi connectivity index (χ0v) is 12.3. The van der Waals surface area contributed by atoms with E-state index in [1.807, 2.05) is 52.0 Å². The van der Waals surface area contributed by atoms with Crippen molar-refractivity contribution in [3.8, 4) is 0 Å². The summed E-state index contributed by atoms with van der Waals surface area (Å²) in [4.78, 5) is 28.3. The van der Waals surface area contributed by atoms with E-state index in [1.54, 1.807) is 0 Å². The lowest BCUT2D eigenvalue weighted by molar-refractivity contribution is -0.191. The van der Waals surface area contributed by atoms with E-state index in [9.17, 15) is 4.79 Å². The van der Waals surface area contributed by atoms with Crippen LogP contribution < -0.4 is 0 Å². The molecule has 0 atom stereocenters. The molecular weight excluding hydrogens is 244 g/mol. The molecule has 0 bridgehead atoms. The molecule has 0 rings (SSSR count). The van der Waals surface area contributed by atoms with Gasteiger partial charge in [-0.2, -0.15) is 9.59 Å². The number of hydrogen-bond acceptors (Lipinski definition) is 4. The van der Waals surface area contributed by atoms with E-state index in [0.29, 0.717) is 6.61 Å². The molecule has 0 fully saturated rings. The zero-order valence-electron chi connectivity index (χ0n) is 12.3. The van der Waals surface area contributed by atoms with Crippen LogP contribution in [0, 0.1) is 5.41 Å². The largest absolute Gasteiger partial charge is 0.466 e. The average Bonchev–Trinajstić information content (AvgIpc) is 2.41. The van der Waals surface area contributed by atoms with Crippen molar-refractivity contribution in [2.45, 2.75) is 47.0 Å². The highest BCUT2D eigenvalue weighted by Gasteiger charge is 2.35.